The Balaban J connectivity index is 2.12. The van der Waals surface area contributed by atoms with E-state index in [1.807, 2.05) is 0 Å². The highest BCUT2D eigenvalue weighted by atomic mass is 35.5. The van der Waals surface area contributed by atoms with Crippen LogP contribution in [0.5, 0.6) is 0 Å². The number of hydrogen-bond donors (Lipinski definition) is 1. The molecule has 0 fully saturated rings. The lowest BCUT2D eigenvalue weighted by Crippen LogP contribution is -2.18. The predicted octanol–water partition coefficient (Wildman–Crippen LogP) is 2.02. The van der Waals surface area contributed by atoms with E-state index in [-0.39, 0.29) is 0 Å². The number of hydrogen-bond acceptors (Lipinski definition) is 4. The number of aliphatic hydroxyl groups excluding tert-OH is 1. The van der Waals surface area contributed by atoms with Crippen molar-refractivity contribution in [2.75, 3.05) is 0 Å². The second-order valence-electron chi connectivity index (χ2n) is 3.79. The highest BCUT2D eigenvalue weighted by Crippen LogP contribution is 2.30. The van der Waals surface area contributed by atoms with Crippen molar-refractivity contribution in [1.29, 1.82) is 0 Å². The molecule has 0 spiro atoms. The number of rotatable bonds is 1. The third kappa shape index (κ3) is 1.44. The Morgan fingerprint density at radius 3 is 3.06 bits per heavy atom. The van der Waals surface area contributed by atoms with Gasteiger partial charge in [0.1, 0.15) is 12.1 Å². The van der Waals surface area contributed by atoms with Crippen molar-refractivity contribution in [3.63, 3.8) is 0 Å². The molecule has 3 rings (SSSR count). The Labute approximate surface area is 96.7 Å². The van der Waals surface area contributed by atoms with Gasteiger partial charge in [-0.1, -0.05) is 0 Å². The SMILES string of the molecule is OC1CCCc2nnc(-c3ccc(Cl)o3)n21. The number of fused-ring (bicyclic) bond motifs is 1. The van der Waals surface area contributed by atoms with Crippen LogP contribution in [-0.4, -0.2) is 19.9 Å². The van der Waals surface area contributed by atoms with Crippen molar-refractivity contribution < 1.29 is 9.52 Å². The Hall–Kier alpha value is -1.33. The fourth-order valence-corrected chi connectivity index (χ4v) is 2.13. The standard InChI is InChI=1S/C10H10ClN3O2/c11-7-5-4-6(16-7)10-13-12-8-2-1-3-9(15)14(8)10/h4-5,9,15H,1-3H2. The smallest absolute Gasteiger partial charge is 0.202 e. The highest BCUT2D eigenvalue weighted by Gasteiger charge is 2.24. The van der Waals surface area contributed by atoms with E-state index in [4.69, 9.17) is 16.0 Å². The Morgan fingerprint density at radius 2 is 2.31 bits per heavy atom. The van der Waals surface area contributed by atoms with E-state index >= 15 is 0 Å². The van der Waals surface area contributed by atoms with Crippen molar-refractivity contribution in [3.05, 3.63) is 23.2 Å². The minimum absolute atomic E-state index is 0.303. The quantitative estimate of drug-likeness (QED) is 0.827. The van der Waals surface area contributed by atoms with Crippen LogP contribution in [-0.2, 0) is 6.42 Å². The zero-order valence-electron chi connectivity index (χ0n) is 8.43. The van der Waals surface area contributed by atoms with Gasteiger partial charge in [0, 0.05) is 6.42 Å². The molecule has 0 bridgehead atoms. The summed E-state index contributed by atoms with van der Waals surface area (Å²) in [5, 5.41) is 18.3. The average Bonchev–Trinajstić information content (AvgIpc) is 2.84. The summed E-state index contributed by atoms with van der Waals surface area (Å²) in [5.41, 5.74) is 0. The summed E-state index contributed by atoms with van der Waals surface area (Å²) in [7, 11) is 0. The van der Waals surface area contributed by atoms with Gasteiger partial charge in [0.25, 0.3) is 0 Å². The number of aliphatic hydroxyl groups is 1. The molecule has 5 nitrogen and oxygen atoms in total. The van der Waals surface area contributed by atoms with E-state index in [1.54, 1.807) is 16.7 Å². The molecule has 1 aliphatic rings. The first-order valence-electron chi connectivity index (χ1n) is 5.13. The molecule has 16 heavy (non-hydrogen) atoms. The van der Waals surface area contributed by atoms with Gasteiger partial charge in [-0.15, -0.1) is 10.2 Å². The summed E-state index contributed by atoms with van der Waals surface area (Å²) in [5.74, 6) is 1.86. The molecule has 0 saturated carbocycles. The largest absolute Gasteiger partial charge is 0.441 e. The van der Waals surface area contributed by atoms with Gasteiger partial charge in [-0.25, -0.2) is 0 Å². The minimum atomic E-state index is -0.572. The topological polar surface area (TPSA) is 64.1 Å². The van der Waals surface area contributed by atoms with Gasteiger partial charge in [0.15, 0.2) is 11.0 Å². The van der Waals surface area contributed by atoms with Gasteiger partial charge in [-0.05, 0) is 36.6 Å². The summed E-state index contributed by atoms with van der Waals surface area (Å²) in [6.45, 7) is 0. The first-order valence-corrected chi connectivity index (χ1v) is 5.51. The van der Waals surface area contributed by atoms with Crippen molar-refractivity contribution in [1.82, 2.24) is 14.8 Å². The zero-order chi connectivity index (χ0) is 11.1. The number of nitrogens with zero attached hydrogens (tertiary/aromatic N) is 3. The maximum atomic E-state index is 9.91. The van der Waals surface area contributed by atoms with Crippen LogP contribution in [0.2, 0.25) is 5.22 Å². The van der Waals surface area contributed by atoms with Crippen molar-refractivity contribution in [3.8, 4) is 11.6 Å². The highest BCUT2D eigenvalue weighted by molar-refractivity contribution is 6.28. The van der Waals surface area contributed by atoms with E-state index in [9.17, 15) is 5.11 Å². The van der Waals surface area contributed by atoms with E-state index in [1.165, 1.54) is 0 Å². The minimum Gasteiger partial charge on any atom is -0.441 e. The van der Waals surface area contributed by atoms with Crippen LogP contribution in [0.3, 0.4) is 0 Å². The first-order chi connectivity index (χ1) is 7.75. The Bertz CT molecular complexity index is 520. The van der Waals surface area contributed by atoms with E-state index in [0.717, 1.165) is 18.7 Å². The van der Waals surface area contributed by atoms with Crippen molar-refractivity contribution in [2.45, 2.75) is 25.5 Å². The van der Waals surface area contributed by atoms with Gasteiger partial charge in [0.2, 0.25) is 5.82 Å². The third-order valence-corrected chi connectivity index (χ3v) is 2.92. The second-order valence-corrected chi connectivity index (χ2v) is 4.16. The molecule has 1 aliphatic heterocycles. The molecular weight excluding hydrogens is 230 g/mol. The second kappa shape index (κ2) is 3.61. The van der Waals surface area contributed by atoms with Crippen LogP contribution in [0.25, 0.3) is 11.6 Å². The fourth-order valence-electron chi connectivity index (χ4n) is 1.98. The molecule has 0 amide bonds. The Morgan fingerprint density at radius 1 is 1.44 bits per heavy atom. The number of aromatic nitrogens is 3. The molecule has 1 unspecified atom stereocenters. The van der Waals surface area contributed by atoms with Gasteiger partial charge in [0.05, 0.1) is 0 Å². The van der Waals surface area contributed by atoms with Crippen LogP contribution in [0.4, 0.5) is 0 Å². The number of aryl methyl sites for hydroxylation is 1. The van der Waals surface area contributed by atoms with Crippen LogP contribution < -0.4 is 0 Å². The number of halogens is 1. The van der Waals surface area contributed by atoms with Crippen molar-refractivity contribution in [2.24, 2.45) is 0 Å². The molecule has 0 radical (unpaired) electrons. The van der Waals surface area contributed by atoms with Crippen LogP contribution in [0.1, 0.15) is 24.9 Å². The van der Waals surface area contributed by atoms with E-state index < -0.39 is 6.23 Å². The molecule has 2 aromatic rings. The molecule has 0 aliphatic carbocycles. The van der Waals surface area contributed by atoms with Gasteiger partial charge < -0.3 is 9.52 Å². The first kappa shape index (κ1) is 9.86. The molecule has 3 heterocycles. The summed E-state index contributed by atoms with van der Waals surface area (Å²) in [4.78, 5) is 0. The van der Waals surface area contributed by atoms with Gasteiger partial charge in [-0.3, -0.25) is 4.57 Å². The van der Waals surface area contributed by atoms with Crippen LogP contribution in [0.15, 0.2) is 16.5 Å². The molecule has 0 aromatic carbocycles. The molecule has 6 heteroatoms. The molecule has 1 N–H and O–H groups in total. The summed E-state index contributed by atoms with van der Waals surface area (Å²) >= 11 is 5.71. The molecule has 84 valence electrons. The van der Waals surface area contributed by atoms with Crippen molar-refractivity contribution >= 4 is 11.6 Å². The van der Waals surface area contributed by atoms with E-state index in [0.29, 0.717) is 23.2 Å². The third-order valence-electron chi connectivity index (χ3n) is 2.72. The van der Waals surface area contributed by atoms with Crippen LogP contribution >= 0.6 is 11.6 Å². The average molecular weight is 240 g/mol. The normalized spacial score (nSPS) is 19.8. The lowest BCUT2D eigenvalue weighted by molar-refractivity contribution is 0.0792. The van der Waals surface area contributed by atoms with E-state index in [2.05, 4.69) is 10.2 Å². The van der Waals surface area contributed by atoms with Crippen LogP contribution in [0, 0.1) is 0 Å². The zero-order valence-corrected chi connectivity index (χ0v) is 9.18. The lowest BCUT2D eigenvalue weighted by Gasteiger charge is -2.20. The summed E-state index contributed by atoms with van der Waals surface area (Å²) < 4.78 is 6.98. The monoisotopic (exact) mass is 239 g/mol. The fraction of sp³-hybridized carbons (Fsp3) is 0.400. The number of furan rings is 1. The molecule has 2 aromatic heterocycles. The summed E-state index contributed by atoms with van der Waals surface area (Å²) in [6.07, 6.45) is 1.90. The molecular formula is C10H10ClN3O2. The maximum Gasteiger partial charge on any atom is 0.202 e. The molecule has 1 atom stereocenters. The van der Waals surface area contributed by atoms with Gasteiger partial charge in [-0.2, -0.15) is 0 Å². The molecule has 0 saturated heterocycles. The maximum absolute atomic E-state index is 9.91. The lowest BCUT2D eigenvalue weighted by atomic mass is 10.1. The van der Waals surface area contributed by atoms with Gasteiger partial charge >= 0.3 is 0 Å². The Kier molecular flexibility index (Phi) is 2.22. The predicted molar refractivity (Wildman–Crippen MR) is 56.9 cm³/mol. The summed E-state index contributed by atoms with van der Waals surface area (Å²) in [6, 6.07) is 3.37.